The highest BCUT2D eigenvalue weighted by Gasteiger charge is 2.48. The van der Waals surface area contributed by atoms with E-state index in [2.05, 4.69) is 0 Å². The monoisotopic (exact) mass is 609 g/mol. The van der Waals surface area contributed by atoms with E-state index in [1.807, 2.05) is 24.0 Å². The fourth-order valence-electron chi connectivity index (χ4n) is 6.00. The first-order chi connectivity index (χ1) is 19.3. The first-order valence-corrected chi connectivity index (χ1v) is 14.5. The van der Waals surface area contributed by atoms with Crippen molar-refractivity contribution in [2.75, 3.05) is 33.2 Å². The van der Waals surface area contributed by atoms with E-state index in [-0.39, 0.29) is 41.2 Å². The zero-order valence-electron chi connectivity index (χ0n) is 22.9. The first kappa shape index (κ1) is 29.7. The summed E-state index contributed by atoms with van der Waals surface area (Å²) in [4.78, 5) is 44.9. The fraction of sp³-hybridized carbons (Fsp3) is 0.500. The van der Waals surface area contributed by atoms with E-state index in [9.17, 15) is 27.6 Å². The normalized spacial score (nSPS) is 22.5. The van der Waals surface area contributed by atoms with Gasteiger partial charge in [0.1, 0.15) is 0 Å². The first-order valence-electron chi connectivity index (χ1n) is 13.8. The largest absolute Gasteiger partial charge is 0.417 e. The average molecular weight is 611 g/mol. The Kier molecular flexibility index (Phi) is 8.07. The number of piperidine rings is 1. The van der Waals surface area contributed by atoms with E-state index >= 15 is 0 Å². The molecule has 3 aliphatic rings. The molecule has 0 bridgehead atoms. The quantitative estimate of drug-likeness (QED) is 0.410. The molecule has 1 saturated carbocycles. The minimum Gasteiger partial charge on any atom is -0.342 e. The van der Waals surface area contributed by atoms with Crippen molar-refractivity contribution < 1.29 is 27.6 Å². The van der Waals surface area contributed by atoms with Gasteiger partial charge in [-0.3, -0.25) is 14.4 Å². The topological polar surface area (TPSA) is 60.9 Å². The molecule has 41 heavy (non-hydrogen) atoms. The van der Waals surface area contributed by atoms with Crippen molar-refractivity contribution in [2.45, 2.75) is 50.7 Å². The van der Waals surface area contributed by atoms with Crippen molar-refractivity contribution in [1.29, 1.82) is 0 Å². The van der Waals surface area contributed by atoms with Gasteiger partial charge in [0, 0.05) is 61.1 Å². The number of hydrogen-bond acceptors (Lipinski definition) is 3. The number of alkyl halides is 3. The van der Waals surface area contributed by atoms with Crippen LogP contribution >= 0.6 is 23.2 Å². The van der Waals surface area contributed by atoms with Gasteiger partial charge in [-0.25, -0.2) is 0 Å². The van der Waals surface area contributed by atoms with Gasteiger partial charge in [0.15, 0.2) is 0 Å². The smallest absolute Gasteiger partial charge is 0.342 e. The summed E-state index contributed by atoms with van der Waals surface area (Å²) in [5.41, 5.74) is -0.575. The van der Waals surface area contributed by atoms with Crippen LogP contribution in [0.2, 0.25) is 10.0 Å². The molecular formula is C30H32Cl2F3N3O3. The van der Waals surface area contributed by atoms with E-state index in [4.69, 9.17) is 23.2 Å². The molecule has 0 N–H and O–H groups in total. The minimum absolute atomic E-state index is 0.0251. The predicted molar refractivity (Wildman–Crippen MR) is 150 cm³/mol. The molecule has 2 aromatic carbocycles. The summed E-state index contributed by atoms with van der Waals surface area (Å²) in [6.07, 6.45) is -1.73. The second kappa shape index (κ2) is 11.1. The maximum Gasteiger partial charge on any atom is 0.417 e. The average Bonchev–Trinajstić information content (AvgIpc) is 3.55. The van der Waals surface area contributed by atoms with Gasteiger partial charge in [-0.1, -0.05) is 42.3 Å². The molecule has 6 nitrogen and oxygen atoms in total. The summed E-state index contributed by atoms with van der Waals surface area (Å²) in [5.74, 6) is -0.949. The van der Waals surface area contributed by atoms with Crippen molar-refractivity contribution in [1.82, 2.24) is 14.7 Å². The van der Waals surface area contributed by atoms with Crippen LogP contribution < -0.4 is 0 Å². The summed E-state index contributed by atoms with van der Waals surface area (Å²) in [5, 5.41) is 0.0650. The summed E-state index contributed by atoms with van der Waals surface area (Å²) in [6.45, 7) is 3.66. The number of likely N-dealkylation sites (N-methyl/N-ethyl adjacent to an activating group) is 1. The van der Waals surface area contributed by atoms with Crippen molar-refractivity contribution in [3.63, 3.8) is 0 Å². The molecule has 220 valence electrons. The highest BCUT2D eigenvalue weighted by atomic mass is 35.5. The Labute approximate surface area is 247 Å². The van der Waals surface area contributed by atoms with Crippen LogP contribution in [0.25, 0.3) is 0 Å². The molecule has 2 heterocycles. The Balaban J connectivity index is 1.34. The molecule has 0 unspecified atom stereocenters. The maximum atomic E-state index is 13.7. The molecule has 1 aliphatic carbocycles. The number of halogens is 5. The zero-order chi connectivity index (χ0) is 29.7. The van der Waals surface area contributed by atoms with E-state index in [0.29, 0.717) is 37.5 Å². The second-order valence-corrected chi connectivity index (χ2v) is 12.5. The molecule has 3 amide bonds. The number of carbonyl (C=O) groups is 3. The van der Waals surface area contributed by atoms with E-state index in [1.165, 1.54) is 11.0 Å². The van der Waals surface area contributed by atoms with Crippen LogP contribution in [0, 0.1) is 11.3 Å². The van der Waals surface area contributed by atoms with Crippen LogP contribution in [0.5, 0.6) is 0 Å². The Morgan fingerprint density at radius 2 is 1.59 bits per heavy atom. The van der Waals surface area contributed by atoms with Crippen LogP contribution in [0.4, 0.5) is 13.2 Å². The van der Waals surface area contributed by atoms with Crippen LogP contribution in [-0.2, 0) is 15.8 Å². The number of carbonyl (C=O) groups excluding carboxylic acids is 3. The Morgan fingerprint density at radius 1 is 0.951 bits per heavy atom. The number of nitrogens with zero attached hydrogens (tertiary/aromatic N) is 3. The lowest BCUT2D eigenvalue weighted by molar-refractivity contribution is -0.142. The standard InChI is InChI=1S/C30H32Cl2F3N3O3/c1-29(11-12-29)28(41)37-13-9-19(10-14-37)27(40)38-16-22(18-3-6-21(31)7-4-18)25(17-38)36(2)26(39)20-5-8-24(32)23(15-20)30(33,34)35/h3-8,15,19,22,25H,9-14,16-17H2,1-2H3/t22-,25-/m0/s1. The van der Waals surface area contributed by atoms with Crippen LogP contribution in [0.3, 0.4) is 0 Å². The van der Waals surface area contributed by atoms with Crippen molar-refractivity contribution in [3.05, 3.63) is 69.2 Å². The Hall–Kier alpha value is -2.78. The zero-order valence-corrected chi connectivity index (χ0v) is 24.4. The van der Waals surface area contributed by atoms with E-state index < -0.39 is 28.7 Å². The number of rotatable bonds is 5. The number of likely N-dealkylation sites (tertiary alicyclic amines) is 2. The van der Waals surface area contributed by atoms with Gasteiger partial charge < -0.3 is 14.7 Å². The summed E-state index contributed by atoms with van der Waals surface area (Å²) < 4.78 is 40.4. The lowest BCUT2D eigenvalue weighted by atomic mass is 9.93. The molecule has 2 aromatic rings. The van der Waals surface area contributed by atoms with Crippen LogP contribution in [0.1, 0.15) is 60.0 Å². The molecule has 5 rings (SSSR count). The lowest BCUT2D eigenvalue weighted by Crippen LogP contribution is -2.46. The highest BCUT2D eigenvalue weighted by Crippen LogP contribution is 2.47. The molecule has 0 spiro atoms. The molecule has 2 aliphatic heterocycles. The molecule has 3 fully saturated rings. The lowest BCUT2D eigenvalue weighted by Gasteiger charge is -2.34. The SMILES string of the molecule is CN(C(=O)c1ccc(Cl)c(C(F)(F)F)c1)[C@H]1CN(C(=O)C2CCN(C(=O)C3(C)CC3)CC2)C[C@H]1c1ccc(Cl)cc1. The Morgan fingerprint density at radius 3 is 2.17 bits per heavy atom. The van der Waals surface area contributed by atoms with Crippen molar-refractivity contribution in [2.24, 2.45) is 11.3 Å². The fourth-order valence-corrected chi connectivity index (χ4v) is 6.35. The molecule has 0 aromatic heterocycles. The Bertz CT molecular complexity index is 1340. The number of hydrogen-bond donors (Lipinski definition) is 0. The van der Waals surface area contributed by atoms with Gasteiger partial charge in [0.2, 0.25) is 11.8 Å². The van der Waals surface area contributed by atoms with E-state index in [0.717, 1.165) is 30.5 Å². The highest BCUT2D eigenvalue weighted by molar-refractivity contribution is 6.31. The van der Waals surface area contributed by atoms with E-state index in [1.54, 1.807) is 24.1 Å². The molecule has 11 heteroatoms. The summed E-state index contributed by atoms with van der Waals surface area (Å²) in [6, 6.07) is 9.82. The van der Waals surface area contributed by atoms with Gasteiger partial charge in [-0.05, 0) is 61.6 Å². The van der Waals surface area contributed by atoms with Gasteiger partial charge in [-0.2, -0.15) is 13.2 Å². The second-order valence-electron chi connectivity index (χ2n) is 11.7. The number of benzene rings is 2. The van der Waals surface area contributed by atoms with Crippen LogP contribution in [0.15, 0.2) is 42.5 Å². The molecular weight excluding hydrogens is 578 g/mol. The predicted octanol–water partition coefficient (Wildman–Crippen LogP) is 6.12. The van der Waals surface area contributed by atoms with Gasteiger partial charge in [-0.15, -0.1) is 0 Å². The third-order valence-corrected chi connectivity index (χ3v) is 9.46. The third-order valence-electron chi connectivity index (χ3n) is 8.88. The molecule has 2 atom stereocenters. The summed E-state index contributed by atoms with van der Waals surface area (Å²) >= 11 is 11.9. The minimum atomic E-state index is -4.70. The van der Waals surface area contributed by atoms with Crippen molar-refractivity contribution >= 4 is 40.9 Å². The summed E-state index contributed by atoms with van der Waals surface area (Å²) in [7, 11) is 1.55. The van der Waals surface area contributed by atoms with Gasteiger partial charge in [0.25, 0.3) is 5.91 Å². The van der Waals surface area contributed by atoms with Crippen LogP contribution in [-0.4, -0.2) is 71.7 Å². The maximum absolute atomic E-state index is 13.7. The third kappa shape index (κ3) is 6.07. The number of amides is 3. The van der Waals surface area contributed by atoms with Gasteiger partial charge >= 0.3 is 6.18 Å². The molecule has 0 radical (unpaired) electrons. The van der Waals surface area contributed by atoms with Crippen molar-refractivity contribution in [3.8, 4) is 0 Å². The molecule has 2 saturated heterocycles. The van der Waals surface area contributed by atoms with Gasteiger partial charge in [0.05, 0.1) is 16.6 Å².